The van der Waals surface area contributed by atoms with Crippen LogP contribution in [0.3, 0.4) is 0 Å². The SMILES string of the molecule is O=C(Nc1cc(C(=O)N2CCNCC2)ccc1N1CCCN(C(=O)C2CC2)CC1)c1ccc(F)cc1. The predicted octanol–water partition coefficient (Wildman–Crippen LogP) is 2.57. The van der Waals surface area contributed by atoms with Crippen LogP contribution in [0.4, 0.5) is 15.8 Å². The number of amides is 3. The molecule has 5 rings (SSSR count). The van der Waals surface area contributed by atoms with E-state index in [1.54, 1.807) is 6.07 Å². The summed E-state index contributed by atoms with van der Waals surface area (Å²) in [5.41, 5.74) is 2.18. The Balaban J connectivity index is 1.40. The predicted molar refractivity (Wildman–Crippen MR) is 136 cm³/mol. The van der Waals surface area contributed by atoms with Crippen LogP contribution in [0.5, 0.6) is 0 Å². The molecule has 0 unspecified atom stereocenters. The normalized spacial score (nSPS) is 18.5. The third kappa shape index (κ3) is 5.51. The van der Waals surface area contributed by atoms with Crippen molar-refractivity contribution in [2.75, 3.05) is 62.6 Å². The van der Waals surface area contributed by atoms with Crippen molar-refractivity contribution >= 4 is 29.1 Å². The number of carbonyl (C=O) groups is 3. The summed E-state index contributed by atoms with van der Waals surface area (Å²) in [6.07, 6.45) is 2.80. The van der Waals surface area contributed by atoms with Gasteiger partial charge in [0, 0.05) is 69.4 Å². The lowest BCUT2D eigenvalue weighted by molar-refractivity contribution is -0.132. The number of anilines is 2. The molecule has 2 aromatic rings. The van der Waals surface area contributed by atoms with E-state index >= 15 is 0 Å². The van der Waals surface area contributed by atoms with E-state index in [0.29, 0.717) is 43.0 Å². The van der Waals surface area contributed by atoms with Crippen molar-refractivity contribution in [2.24, 2.45) is 5.92 Å². The van der Waals surface area contributed by atoms with E-state index in [9.17, 15) is 18.8 Å². The van der Waals surface area contributed by atoms with Gasteiger partial charge in [0.1, 0.15) is 5.82 Å². The van der Waals surface area contributed by atoms with Crippen LogP contribution in [0, 0.1) is 11.7 Å². The molecule has 3 amide bonds. The average Bonchev–Trinajstić information content (AvgIpc) is 3.76. The number of hydrogen-bond acceptors (Lipinski definition) is 5. The molecule has 0 atom stereocenters. The monoisotopic (exact) mass is 493 g/mol. The number of carbonyl (C=O) groups excluding carboxylic acids is 3. The molecule has 2 aliphatic heterocycles. The van der Waals surface area contributed by atoms with Crippen LogP contribution in [0.15, 0.2) is 42.5 Å². The van der Waals surface area contributed by atoms with Crippen molar-refractivity contribution in [1.29, 1.82) is 0 Å². The van der Waals surface area contributed by atoms with Crippen LogP contribution in [-0.4, -0.2) is 79.9 Å². The standard InChI is InChI=1S/C27H32FN5O3/c28-22-7-4-19(5-8-22)25(34)30-23-18-21(27(36)33-14-10-29-11-15-33)6-9-24(23)31-12-1-13-32(17-16-31)26(35)20-2-3-20/h4-9,18,20,29H,1-3,10-17H2,(H,30,34). The summed E-state index contributed by atoms with van der Waals surface area (Å²) in [5, 5.41) is 6.21. The summed E-state index contributed by atoms with van der Waals surface area (Å²) in [6, 6.07) is 10.8. The third-order valence-corrected chi connectivity index (χ3v) is 7.08. The summed E-state index contributed by atoms with van der Waals surface area (Å²) in [4.78, 5) is 44.7. The molecule has 0 bridgehead atoms. The van der Waals surface area contributed by atoms with Crippen molar-refractivity contribution in [2.45, 2.75) is 19.3 Å². The number of piperazine rings is 1. The van der Waals surface area contributed by atoms with Gasteiger partial charge in [-0.05, 0) is 61.7 Å². The number of benzene rings is 2. The fraction of sp³-hybridized carbons (Fsp3) is 0.444. The molecule has 0 spiro atoms. The third-order valence-electron chi connectivity index (χ3n) is 7.08. The molecular formula is C27H32FN5O3. The van der Waals surface area contributed by atoms with Crippen LogP contribution in [-0.2, 0) is 4.79 Å². The maximum absolute atomic E-state index is 13.4. The zero-order valence-corrected chi connectivity index (χ0v) is 20.3. The maximum atomic E-state index is 13.4. The fourth-order valence-corrected chi connectivity index (χ4v) is 4.86. The number of hydrogen-bond donors (Lipinski definition) is 2. The molecule has 1 saturated carbocycles. The molecule has 0 radical (unpaired) electrons. The minimum atomic E-state index is -0.411. The Morgan fingerprint density at radius 3 is 2.28 bits per heavy atom. The summed E-state index contributed by atoms with van der Waals surface area (Å²) in [5.74, 6) is -0.414. The first-order chi connectivity index (χ1) is 17.5. The number of nitrogens with zero attached hydrogens (tertiary/aromatic N) is 3. The highest BCUT2D eigenvalue weighted by Crippen LogP contribution is 2.33. The van der Waals surface area contributed by atoms with E-state index in [4.69, 9.17) is 0 Å². The van der Waals surface area contributed by atoms with Crippen LogP contribution < -0.4 is 15.5 Å². The number of nitrogens with one attached hydrogen (secondary N) is 2. The molecule has 2 aromatic carbocycles. The highest BCUT2D eigenvalue weighted by atomic mass is 19.1. The van der Waals surface area contributed by atoms with Crippen molar-refractivity contribution < 1.29 is 18.8 Å². The second-order valence-corrected chi connectivity index (χ2v) is 9.68. The molecular weight excluding hydrogens is 461 g/mol. The number of halogens is 1. The lowest BCUT2D eigenvalue weighted by Crippen LogP contribution is -2.46. The van der Waals surface area contributed by atoms with Gasteiger partial charge in [-0.1, -0.05) is 0 Å². The minimum Gasteiger partial charge on any atom is -0.368 e. The Kier molecular flexibility index (Phi) is 7.18. The smallest absolute Gasteiger partial charge is 0.255 e. The first kappa shape index (κ1) is 24.2. The highest BCUT2D eigenvalue weighted by molar-refractivity contribution is 6.07. The molecule has 2 N–H and O–H groups in total. The Morgan fingerprint density at radius 1 is 0.833 bits per heavy atom. The van der Waals surface area contributed by atoms with E-state index in [0.717, 1.165) is 51.1 Å². The van der Waals surface area contributed by atoms with E-state index in [1.165, 1.54) is 24.3 Å². The van der Waals surface area contributed by atoms with Crippen LogP contribution in [0.25, 0.3) is 0 Å². The van der Waals surface area contributed by atoms with Gasteiger partial charge in [-0.3, -0.25) is 14.4 Å². The summed E-state index contributed by atoms with van der Waals surface area (Å²) >= 11 is 0. The molecule has 190 valence electrons. The van der Waals surface area contributed by atoms with Gasteiger partial charge in [-0.25, -0.2) is 4.39 Å². The Morgan fingerprint density at radius 2 is 1.56 bits per heavy atom. The molecule has 2 saturated heterocycles. The molecule has 8 nitrogen and oxygen atoms in total. The van der Waals surface area contributed by atoms with Crippen LogP contribution >= 0.6 is 0 Å². The first-order valence-corrected chi connectivity index (χ1v) is 12.7. The van der Waals surface area contributed by atoms with E-state index in [2.05, 4.69) is 15.5 Å². The Hall–Kier alpha value is -3.46. The first-order valence-electron chi connectivity index (χ1n) is 12.7. The van der Waals surface area contributed by atoms with Crippen molar-refractivity contribution in [1.82, 2.24) is 15.1 Å². The van der Waals surface area contributed by atoms with Gasteiger partial charge in [0.15, 0.2) is 0 Å². The lowest BCUT2D eigenvalue weighted by atomic mass is 10.1. The van der Waals surface area contributed by atoms with Gasteiger partial charge in [0.05, 0.1) is 11.4 Å². The number of rotatable bonds is 5. The zero-order valence-electron chi connectivity index (χ0n) is 20.3. The van der Waals surface area contributed by atoms with Crippen LogP contribution in [0.2, 0.25) is 0 Å². The van der Waals surface area contributed by atoms with Gasteiger partial charge >= 0.3 is 0 Å². The summed E-state index contributed by atoms with van der Waals surface area (Å²) < 4.78 is 13.4. The topological polar surface area (TPSA) is 85.0 Å². The van der Waals surface area contributed by atoms with Crippen molar-refractivity contribution in [3.8, 4) is 0 Å². The second-order valence-electron chi connectivity index (χ2n) is 9.68. The zero-order chi connectivity index (χ0) is 25.1. The van der Waals surface area contributed by atoms with Gasteiger partial charge < -0.3 is 25.3 Å². The fourth-order valence-electron chi connectivity index (χ4n) is 4.86. The molecule has 36 heavy (non-hydrogen) atoms. The second kappa shape index (κ2) is 10.7. The van der Waals surface area contributed by atoms with Gasteiger partial charge in [0.2, 0.25) is 5.91 Å². The van der Waals surface area contributed by atoms with Gasteiger partial charge in [0.25, 0.3) is 11.8 Å². The molecule has 0 aromatic heterocycles. The molecule has 3 aliphatic rings. The lowest BCUT2D eigenvalue weighted by Gasteiger charge is -2.29. The van der Waals surface area contributed by atoms with Gasteiger partial charge in [-0.15, -0.1) is 0 Å². The molecule has 9 heteroatoms. The van der Waals surface area contributed by atoms with Crippen molar-refractivity contribution in [3.05, 3.63) is 59.4 Å². The van der Waals surface area contributed by atoms with E-state index in [1.807, 2.05) is 21.9 Å². The van der Waals surface area contributed by atoms with Crippen LogP contribution in [0.1, 0.15) is 40.0 Å². The van der Waals surface area contributed by atoms with E-state index < -0.39 is 5.82 Å². The average molecular weight is 494 g/mol. The maximum Gasteiger partial charge on any atom is 0.255 e. The van der Waals surface area contributed by atoms with E-state index in [-0.39, 0.29) is 23.6 Å². The quantitative estimate of drug-likeness (QED) is 0.669. The summed E-state index contributed by atoms with van der Waals surface area (Å²) in [7, 11) is 0. The Labute approximate surface area is 210 Å². The van der Waals surface area contributed by atoms with Gasteiger partial charge in [-0.2, -0.15) is 0 Å². The molecule has 2 heterocycles. The minimum absolute atomic E-state index is 0.0718. The van der Waals surface area contributed by atoms with Crippen molar-refractivity contribution in [3.63, 3.8) is 0 Å². The molecule has 3 fully saturated rings. The molecule has 1 aliphatic carbocycles. The highest BCUT2D eigenvalue weighted by Gasteiger charge is 2.34. The summed E-state index contributed by atoms with van der Waals surface area (Å²) in [6.45, 7) is 5.50. The largest absolute Gasteiger partial charge is 0.368 e. The Bertz CT molecular complexity index is 1130.